The van der Waals surface area contributed by atoms with Crippen LogP contribution in [0.5, 0.6) is 0 Å². The Bertz CT molecular complexity index is 504. The van der Waals surface area contributed by atoms with Crippen molar-refractivity contribution in [2.45, 2.75) is 44.6 Å². The van der Waals surface area contributed by atoms with E-state index in [9.17, 15) is 20.1 Å². The van der Waals surface area contributed by atoms with Crippen LogP contribution >= 0.6 is 0 Å². The fourth-order valence-electron chi connectivity index (χ4n) is 2.00. The second kappa shape index (κ2) is 6.50. The van der Waals surface area contributed by atoms with E-state index in [1.165, 1.54) is 6.92 Å². The molecule has 1 aromatic carbocycles. The fourth-order valence-corrected chi connectivity index (χ4v) is 2.00. The molecule has 0 aromatic heterocycles. The zero-order chi connectivity index (χ0) is 15.6. The molecule has 2 rings (SSSR count). The second-order valence-electron chi connectivity index (χ2n) is 5.02. The van der Waals surface area contributed by atoms with Crippen LogP contribution in [0.2, 0.25) is 0 Å². The van der Waals surface area contributed by atoms with Gasteiger partial charge in [0.25, 0.3) is 0 Å². The predicted molar refractivity (Wildman–Crippen MR) is 70.0 cm³/mol. The van der Waals surface area contributed by atoms with Gasteiger partial charge in [-0.1, -0.05) is 17.7 Å². The van der Waals surface area contributed by atoms with Gasteiger partial charge >= 0.3 is 5.97 Å². The van der Waals surface area contributed by atoms with Crippen LogP contribution in [-0.2, 0) is 14.5 Å². The van der Waals surface area contributed by atoms with Crippen molar-refractivity contribution < 1.29 is 34.6 Å². The molecule has 3 N–H and O–H groups in total. The minimum atomic E-state index is -1.53. The summed E-state index contributed by atoms with van der Waals surface area (Å²) in [6.07, 6.45) is -6.36. The molecule has 7 nitrogen and oxygen atoms in total. The Morgan fingerprint density at radius 2 is 1.90 bits per heavy atom. The Morgan fingerprint density at radius 1 is 1.19 bits per heavy atom. The summed E-state index contributed by atoms with van der Waals surface area (Å²) in [4.78, 5) is 21.1. The summed E-state index contributed by atoms with van der Waals surface area (Å²) in [7, 11) is 0. The number of hydrogen-bond acceptors (Lipinski definition) is 7. The lowest BCUT2D eigenvalue weighted by Gasteiger charge is -2.37. The average molecular weight is 298 g/mol. The van der Waals surface area contributed by atoms with E-state index in [4.69, 9.17) is 9.62 Å². The minimum absolute atomic E-state index is 0.286. The van der Waals surface area contributed by atoms with Crippen molar-refractivity contribution >= 4 is 5.97 Å². The summed E-state index contributed by atoms with van der Waals surface area (Å²) in [5, 5.41) is 28.8. The van der Waals surface area contributed by atoms with Crippen molar-refractivity contribution in [3.8, 4) is 0 Å². The zero-order valence-corrected chi connectivity index (χ0v) is 11.7. The second-order valence-corrected chi connectivity index (χ2v) is 5.02. The van der Waals surface area contributed by atoms with Crippen molar-refractivity contribution in [3.05, 3.63) is 35.4 Å². The molecule has 21 heavy (non-hydrogen) atoms. The van der Waals surface area contributed by atoms with E-state index in [2.05, 4.69) is 4.89 Å². The molecule has 0 amide bonds. The van der Waals surface area contributed by atoms with Crippen LogP contribution in [0.25, 0.3) is 0 Å². The Morgan fingerprint density at radius 3 is 2.57 bits per heavy atom. The third kappa shape index (κ3) is 3.58. The van der Waals surface area contributed by atoms with Crippen LogP contribution in [-0.4, -0.2) is 52.0 Å². The highest BCUT2D eigenvalue weighted by Crippen LogP contribution is 2.22. The molecular weight excluding hydrogens is 280 g/mol. The highest BCUT2D eigenvalue weighted by Gasteiger charge is 2.43. The molecule has 1 heterocycles. The van der Waals surface area contributed by atoms with Crippen LogP contribution in [0, 0.1) is 6.92 Å². The summed E-state index contributed by atoms with van der Waals surface area (Å²) >= 11 is 0. The first-order chi connectivity index (χ1) is 9.90. The maximum absolute atomic E-state index is 11.8. The third-order valence-corrected chi connectivity index (χ3v) is 3.28. The molecule has 5 atom stereocenters. The SMILES string of the molecule is Cc1cccc(C(=O)OOC2O[C@H](C)[C@H](O)[C@H](O)[C@H]2O)c1. The van der Waals surface area contributed by atoms with Crippen LogP contribution in [0.4, 0.5) is 0 Å². The summed E-state index contributed by atoms with van der Waals surface area (Å²) in [6, 6.07) is 6.69. The van der Waals surface area contributed by atoms with E-state index >= 15 is 0 Å². The smallest absolute Gasteiger partial charge is 0.373 e. The summed E-state index contributed by atoms with van der Waals surface area (Å²) in [5.41, 5.74) is 1.17. The topological polar surface area (TPSA) is 105 Å². The van der Waals surface area contributed by atoms with Gasteiger partial charge in [-0.05, 0) is 26.0 Å². The molecule has 1 aromatic rings. The molecule has 1 unspecified atom stereocenters. The van der Waals surface area contributed by atoms with E-state index in [1.807, 2.05) is 13.0 Å². The Hall–Kier alpha value is -1.51. The lowest BCUT2D eigenvalue weighted by atomic mass is 10.0. The highest BCUT2D eigenvalue weighted by molar-refractivity contribution is 5.89. The normalized spacial score (nSPS) is 32.7. The summed E-state index contributed by atoms with van der Waals surface area (Å²) in [5.74, 6) is -0.747. The molecule has 1 aliphatic heterocycles. The highest BCUT2D eigenvalue weighted by atomic mass is 17.2. The molecule has 1 aliphatic rings. The zero-order valence-electron chi connectivity index (χ0n) is 11.7. The van der Waals surface area contributed by atoms with Gasteiger partial charge in [0.2, 0.25) is 6.29 Å². The standard InChI is InChI=1S/C14H18O7/c1-7-4-3-5-9(6-7)13(18)20-21-14-12(17)11(16)10(15)8(2)19-14/h3-6,8,10-12,14-17H,1-2H3/t8-,10+,11+,12-,14?/m1/s1. The molecular formula is C14H18O7. The molecule has 116 valence electrons. The quantitative estimate of drug-likeness (QED) is 0.529. The molecule has 0 aliphatic carbocycles. The first kappa shape index (κ1) is 15.9. The number of rotatable bonds is 3. The number of aryl methyl sites for hydroxylation is 1. The monoisotopic (exact) mass is 298 g/mol. The third-order valence-electron chi connectivity index (χ3n) is 3.28. The largest absolute Gasteiger partial charge is 0.388 e. The molecule has 0 saturated carbocycles. The van der Waals surface area contributed by atoms with Gasteiger partial charge in [0.05, 0.1) is 11.7 Å². The van der Waals surface area contributed by atoms with E-state index in [0.717, 1.165) is 5.56 Å². The van der Waals surface area contributed by atoms with Gasteiger partial charge in [-0.2, -0.15) is 0 Å². The van der Waals surface area contributed by atoms with Crippen molar-refractivity contribution in [1.82, 2.24) is 0 Å². The summed E-state index contributed by atoms with van der Waals surface area (Å²) in [6.45, 7) is 3.32. The van der Waals surface area contributed by atoms with Gasteiger partial charge in [0.15, 0.2) is 0 Å². The molecule has 0 bridgehead atoms. The van der Waals surface area contributed by atoms with Gasteiger partial charge in [-0.3, -0.25) is 4.89 Å². The molecule has 0 spiro atoms. The van der Waals surface area contributed by atoms with Crippen molar-refractivity contribution in [2.75, 3.05) is 0 Å². The number of benzene rings is 1. The van der Waals surface area contributed by atoms with Crippen LogP contribution in [0.15, 0.2) is 24.3 Å². The number of aliphatic hydroxyl groups excluding tert-OH is 3. The fraction of sp³-hybridized carbons (Fsp3) is 0.500. The van der Waals surface area contributed by atoms with E-state index in [0.29, 0.717) is 0 Å². The Labute approximate surface area is 121 Å². The van der Waals surface area contributed by atoms with Crippen LogP contribution in [0.3, 0.4) is 0 Å². The number of carbonyl (C=O) groups excluding carboxylic acids is 1. The molecule has 1 saturated heterocycles. The van der Waals surface area contributed by atoms with Gasteiger partial charge in [0.1, 0.15) is 18.3 Å². The van der Waals surface area contributed by atoms with E-state index in [1.54, 1.807) is 18.2 Å². The van der Waals surface area contributed by atoms with Gasteiger partial charge in [-0.25, -0.2) is 4.79 Å². The lowest BCUT2D eigenvalue weighted by Crippen LogP contribution is -2.57. The molecule has 7 heteroatoms. The maximum atomic E-state index is 11.8. The van der Waals surface area contributed by atoms with Gasteiger partial charge in [0, 0.05) is 0 Å². The summed E-state index contributed by atoms with van der Waals surface area (Å²) < 4.78 is 5.13. The first-order valence-corrected chi connectivity index (χ1v) is 6.54. The average Bonchev–Trinajstić information content (AvgIpc) is 2.47. The number of hydrogen-bond donors (Lipinski definition) is 3. The number of carbonyl (C=O) groups is 1. The lowest BCUT2D eigenvalue weighted by molar-refractivity contribution is -0.395. The van der Waals surface area contributed by atoms with E-state index in [-0.39, 0.29) is 5.56 Å². The first-order valence-electron chi connectivity index (χ1n) is 6.54. The number of aliphatic hydroxyl groups is 3. The van der Waals surface area contributed by atoms with Gasteiger partial charge < -0.3 is 20.1 Å². The van der Waals surface area contributed by atoms with Crippen molar-refractivity contribution in [1.29, 1.82) is 0 Å². The predicted octanol–water partition coefficient (Wildman–Crippen LogP) is -0.0891. The minimum Gasteiger partial charge on any atom is -0.388 e. The van der Waals surface area contributed by atoms with Crippen LogP contribution < -0.4 is 0 Å². The Kier molecular flexibility index (Phi) is 4.92. The number of ether oxygens (including phenoxy) is 1. The van der Waals surface area contributed by atoms with Crippen molar-refractivity contribution in [3.63, 3.8) is 0 Å². The molecule has 0 radical (unpaired) electrons. The maximum Gasteiger partial charge on any atom is 0.373 e. The van der Waals surface area contributed by atoms with Crippen molar-refractivity contribution in [2.24, 2.45) is 0 Å². The Balaban J connectivity index is 1.95. The molecule has 1 fully saturated rings. The van der Waals surface area contributed by atoms with Gasteiger partial charge in [-0.15, -0.1) is 4.89 Å². The van der Waals surface area contributed by atoms with Crippen LogP contribution in [0.1, 0.15) is 22.8 Å². The van der Waals surface area contributed by atoms with E-state index < -0.39 is 36.7 Å².